The highest BCUT2D eigenvalue weighted by Crippen LogP contribution is 2.30. The Labute approximate surface area is 197 Å². The Morgan fingerprint density at radius 2 is 1.14 bits per heavy atom. The van der Waals surface area contributed by atoms with Crippen molar-refractivity contribution in [1.29, 1.82) is 0 Å². The zero-order valence-corrected chi connectivity index (χ0v) is 19.3. The van der Waals surface area contributed by atoms with Gasteiger partial charge in [0.2, 0.25) is 0 Å². The van der Waals surface area contributed by atoms with E-state index in [2.05, 4.69) is 12.5 Å². The Hall–Kier alpha value is -0.710. The first-order chi connectivity index (χ1) is 15.8. The van der Waals surface area contributed by atoms with E-state index in [1.54, 1.807) is 0 Å². The SMILES string of the molecule is O=S(=O)(O)OC[C@@H]1O[C@@H](OC[C@H]2OC(O)[C@H](O)[C@@H](O)[C@@H]2O)[C@H](OS(=O)(=O)O)[C@@H](O)[C@@H]1OS(=O)(=O)O. The first-order valence-electron chi connectivity index (χ1n) is 9.05. The molecule has 0 aromatic carbocycles. The molecule has 2 aliphatic rings. The summed E-state index contributed by atoms with van der Waals surface area (Å²) >= 11 is 0. The number of aliphatic hydroxyl groups is 5. The number of aliphatic hydroxyl groups excluding tert-OH is 5. The van der Waals surface area contributed by atoms with Crippen LogP contribution in [0.3, 0.4) is 0 Å². The molecule has 2 aliphatic heterocycles. The Bertz CT molecular complexity index is 1020. The first kappa shape index (κ1) is 30.5. The van der Waals surface area contributed by atoms with Gasteiger partial charge < -0.3 is 39.7 Å². The molecule has 0 radical (unpaired) electrons. The molecule has 0 saturated carbocycles. The summed E-state index contributed by atoms with van der Waals surface area (Å²) in [5.41, 5.74) is 0. The molecule has 0 spiro atoms. The van der Waals surface area contributed by atoms with Crippen LogP contribution in [0.15, 0.2) is 0 Å². The molecule has 8 N–H and O–H groups in total. The van der Waals surface area contributed by atoms with Gasteiger partial charge in [-0.05, 0) is 0 Å². The molecular weight excluding hydrogens is 560 g/mol. The zero-order chi connectivity index (χ0) is 26.9. The topological polar surface area (TPSA) is 320 Å². The van der Waals surface area contributed by atoms with E-state index in [0.29, 0.717) is 0 Å². The Morgan fingerprint density at radius 3 is 1.66 bits per heavy atom. The fourth-order valence-electron chi connectivity index (χ4n) is 3.08. The summed E-state index contributed by atoms with van der Waals surface area (Å²) in [6.07, 6.45) is -21.0. The fourth-order valence-corrected chi connectivity index (χ4v) is 4.39. The molecule has 1 unspecified atom stereocenters. The largest absolute Gasteiger partial charge is 0.397 e. The minimum atomic E-state index is -5.44. The maximum absolute atomic E-state index is 11.2. The molecule has 23 heteroatoms. The van der Waals surface area contributed by atoms with Crippen LogP contribution in [0.4, 0.5) is 0 Å². The molecule has 0 bridgehead atoms. The van der Waals surface area contributed by atoms with Gasteiger partial charge in [0.05, 0.1) is 13.2 Å². The van der Waals surface area contributed by atoms with E-state index >= 15 is 0 Å². The van der Waals surface area contributed by atoms with Crippen LogP contribution in [0.1, 0.15) is 0 Å². The van der Waals surface area contributed by atoms with Crippen LogP contribution in [0.2, 0.25) is 0 Å². The molecule has 10 atom stereocenters. The van der Waals surface area contributed by atoms with Crippen LogP contribution in [-0.4, -0.2) is 139 Å². The van der Waals surface area contributed by atoms with E-state index in [9.17, 15) is 50.8 Å². The van der Waals surface area contributed by atoms with Crippen molar-refractivity contribution in [3.8, 4) is 0 Å². The Kier molecular flexibility index (Phi) is 9.90. The summed E-state index contributed by atoms with van der Waals surface area (Å²) in [5, 5.41) is 49.1. The molecule has 2 heterocycles. The van der Waals surface area contributed by atoms with Crippen LogP contribution in [0.5, 0.6) is 0 Å². The quantitative estimate of drug-likeness (QED) is 0.111. The lowest BCUT2D eigenvalue weighted by Crippen LogP contribution is -2.63. The van der Waals surface area contributed by atoms with Gasteiger partial charge in [-0.2, -0.15) is 25.3 Å². The van der Waals surface area contributed by atoms with Gasteiger partial charge in [-0.1, -0.05) is 0 Å². The van der Waals surface area contributed by atoms with Gasteiger partial charge in [0.1, 0.15) is 42.7 Å². The van der Waals surface area contributed by atoms with Crippen LogP contribution in [-0.2, 0) is 58.0 Å². The second kappa shape index (κ2) is 11.4. The van der Waals surface area contributed by atoms with E-state index < -0.39 is 106 Å². The van der Waals surface area contributed by atoms with Gasteiger partial charge in [-0.15, -0.1) is 0 Å². The molecule has 0 aliphatic carbocycles. The molecule has 0 aromatic heterocycles. The summed E-state index contributed by atoms with van der Waals surface area (Å²) in [6.45, 7) is -2.25. The van der Waals surface area contributed by atoms with Crippen LogP contribution in [0.25, 0.3) is 0 Å². The summed E-state index contributed by atoms with van der Waals surface area (Å²) in [7, 11) is -16.1. The fraction of sp³-hybridized carbons (Fsp3) is 1.00. The summed E-state index contributed by atoms with van der Waals surface area (Å²) < 4.78 is 120. The summed E-state index contributed by atoms with van der Waals surface area (Å²) in [6, 6.07) is 0. The van der Waals surface area contributed by atoms with Crippen LogP contribution in [0, 0.1) is 0 Å². The highest BCUT2D eigenvalue weighted by atomic mass is 32.3. The van der Waals surface area contributed by atoms with E-state index in [4.69, 9.17) is 27.9 Å². The van der Waals surface area contributed by atoms with E-state index in [1.807, 2.05) is 0 Å². The second-order valence-corrected chi connectivity index (χ2v) is 10.3. The van der Waals surface area contributed by atoms with Crippen molar-refractivity contribution in [1.82, 2.24) is 0 Å². The van der Waals surface area contributed by atoms with Crippen LogP contribution >= 0.6 is 0 Å². The van der Waals surface area contributed by atoms with Gasteiger partial charge in [-0.3, -0.25) is 13.7 Å². The van der Waals surface area contributed by atoms with Crippen molar-refractivity contribution in [2.24, 2.45) is 0 Å². The highest BCUT2D eigenvalue weighted by Gasteiger charge is 2.52. The standard InChI is InChI=1S/C12H22O20S3/c13-5-3(29-11(17)7(15)6(5)14)1-27-12-10(32-35(24,25)26)8(16)9(31-34(21,22)23)4(30-12)2-28-33(18,19)20/h3-17H,1-2H2,(H,18,19,20)(H,21,22,23)(H,24,25,26)/t3-,4+,5-,6+,7-,8+,9-,10-,11?,12-/m1/s1. The van der Waals surface area contributed by atoms with Gasteiger partial charge in [-0.25, -0.2) is 12.5 Å². The van der Waals surface area contributed by atoms with Crippen LogP contribution < -0.4 is 0 Å². The van der Waals surface area contributed by atoms with Crippen molar-refractivity contribution in [2.45, 2.75) is 61.4 Å². The third kappa shape index (κ3) is 8.97. The predicted octanol–water partition coefficient (Wildman–Crippen LogP) is -5.92. The Balaban J connectivity index is 2.31. The van der Waals surface area contributed by atoms with E-state index in [-0.39, 0.29) is 0 Å². The highest BCUT2D eigenvalue weighted by molar-refractivity contribution is 7.81. The number of rotatable bonds is 10. The molecule has 2 fully saturated rings. The average molecular weight is 582 g/mol. The van der Waals surface area contributed by atoms with Crippen molar-refractivity contribution >= 4 is 31.2 Å². The molecule has 35 heavy (non-hydrogen) atoms. The normalized spacial score (nSPS) is 39.4. The molecular formula is C12H22O20S3. The van der Waals surface area contributed by atoms with Gasteiger partial charge >= 0.3 is 31.2 Å². The summed E-state index contributed by atoms with van der Waals surface area (Å²) in [5.74, 6) is 0. The molecule has 20 nitrogen and oxygen atoms in total. The zero-order valence-electron chi connectivity index (χ0n) is 16.9. The van der Waals surface area contributed by atoms with Gasteiger partial charge in [0, 0.05) is 0 Å². The lowest BCUT2D eigenvalue weighted by atomic mass is 9.98. The molecule has 208 valence electrons. The third-order valence-electron chi connectivity index (χ3n) is 4.58. The third-order valence-corrected chi connectivity index (χ3v) is 5.94. The number of ether oxygens (including phenoxy) is 3. The van der Waals surface area contributed by atoms with E-state index in [0.717, 1.165) is 0 Å². The predicted molar refractivity (Wildman–Crippen MR) is 99.9 cm³/mol. The molecule has 0 amide bonds. The van der Waals surface area contributed by atoms with Crippen molar-refractivity contribution in [3.63, 3.8) is 0 Å². The average Bonchev–Trinajstić information content (AvgIpc) is 2.68. The smallest absolute Gasteiger partial charge is 0.387 e. The molecule has 0 aromatic rings. The minimum absolute atomic E-state index is 0.930. The maximum atomic E-state index is 11.2. The second-order valence-electron chi connectivity index (χ2n) is 7.09. The van der Waals surface area contributed by atoms with Gasteiger partial charge in [0.15, 0.2) is 18.7 Å². The molecule has 2 rings (SSSR count). The number of hydrogen-bond donors (Lipinski definition) is 8. The van der Waals surface area contributed by atoms with Crippen molar-refractivity contribution in [3.05, 3.63) is 0 Å². The van der Waals surface area contributed by atoms with Crippen molar-refractivity contribution in [2.75, 3.05) is 13.2 Å². The maximum Gasteiger partial charge on any atom is 0.397 e. The summed E-state index contributed by atoms with van der Waals surface area (Å²) in [4.78, 5) is 0. The van der Waals surface area contributed by atoms with E-state index in [1.165, 1.54) is 0 Å². The lowest BCUT2D eigenvalue weighted by molar-refractivity contribution is -0.320. The minimum Gasteiger partial charge on any atom is -0.387 e. The van der Waals surface area contributed by atoms with Crippen molar-refractivity contribution < 1.29 is 91.2 Å². The van der Waals surface area contributed by atoms with Gasteiger partial charge in [0.25, 0.3) is 0 Å². The first-order valence-corrected chi connectivity index (χ1v) is 13.1. The number of hydrogen-bond acceptors (Lipinski definition) is 17. The lowest BCUT2D eigenvalue weighted by Gasteiger charge is -2.43. The molecule has 2 saturated heterocycles. The Morgan fingerprint density at radius 1 is 0.600 bits per heavy atom. The monoisotopic (exact) mass is 582 g/mol.